The molecule has 1 aliphatic carbocycles. The fourth-order valence-electron chi connectivity index (χ4n) is 3.16. The van der Waals surface area contributed by atoms with Crippen LogP contribution in [-0.4, -0.2) is 0 Å². The molecule has 0 amide bonds. The van der Waals surface area contributed by atoms with E-state index in [1.54, 1.807) is 18.2 Å². The molecule has 3 rings (SSSR count). The number of halogens is 2. The van der Waals surface area contributed by atoms with Gasteiger partial charge in [0.25, 0.3) is 0 Å². The van der Waals surface area contributed by atoms with Gasteiger partial charge >= 0.3 is 0 Å². The summed E-state index contributed by atoms with van der Waals surface area (Å²) in [5.74, 6) is -0.345. The van der Waals surface area contributed by atoms with Crippen LogP contribution < -0.4 is 5.73 Å². The van der Waals surface area contributed by atoms with Gasteiger partial charge in [0.2, 0.25) is 0 Å². The van der Waals surface area contributed by atoms with Crippen LogP contribution in [0.5, 0.6) is 0 Å². The highest BCUT2D eigenvalue weighted by atomic mass is 35.5. The molecule has 0 aromatic heterocycles. The first-order chi connectivity index (χ1) is 9.60. The minimum absolute atomic E-state index is 0.162. The van der Waals surface area contributed by atoms with Crippen LogP contribution in [0.15, 0.2) is 42.5 Å². The minimum atomic E-state index is -0.500. The van der Waals surface area contributed by atoms with E-state index in [2.05, 4.69) is 12.1 Å². The predicted molar refractivity (Wildman–Crippen MR) is 80.4 cm³/mol. The highest BCUT2D eigenvalue weighted by Gasteiger charge is 2.33. The van der Waals surface area contributed by atoms with Gasteiger partial charge in [-0.05, 0) is 48.4 Å². The molecule has 0 spiro atoms. The van der Waals surface area contributed by atoms with Gasteiger partial charge in [-0.2, -0.15) is 0 Å². The van der Waals surface area contributed by atoms with Crippen molar-refractivity contribution >= 4 is 11.6 Å². The van der Waals surface area contributed by atoms with Crippen molar-refractivity contribution in [1.29, 1.82) is 0 Å². The van der Waals surface area contributed by atoms with Crippen LogP contribution in [0.4, 0.5) is 4.39 Å². The van der Waals surface area contributed by atoms with Crippen molar-refractivity contribution in [2.24, 2.45) is 5.73 Å². The van der Waals surface area contributed by atoms with Crippen molar-refractivity contribution < 1.29 is 4.39 Å². The Morgan fingerprint density at radius 2 is 1.95 bits per heavy atom. The summed E-state index contributed by atoms with van der Waals surface area (Å²) in [4.78, 5) is 0. The Bertz CT molecular complexity index is 641. The topological polar surface area (TPSA) is 26.0 Å². The van der Waals surface area contributed by atoms with Gasteiger partial charge in [-0.15, -0.1) is 0 Å². The molecule has 1 nitrogen and oxygen atoms in total. The second-order valence-electron chi connectivity index (χ2n) is 5.56. The van der Waals surface area contributed by atoms with Gasteiger partial charge in [0, 0.05) is 5.54 Å². The molecule has 1 unspecified atom stereocenters. The van der Waals surface area contributed by atoms with Crippen molar-refractivity contribution in [2.45, 2.75) is 31.2 Å². The van der Waals surface area contributed by atoms with Crippen molar-refractivity contribution in [3.63, 3.8) is 0 Å². The molecule has 0 bridgehead atoms. The first-order valence-corrected chi connectivity index (χ1v) is 7.28. The third-order valence-corrected chi connectivity index (χ3v) is 4.45. The van der Waals surface area contributed by atoms with Crippen LogP contribution in [0.25, 0.3) is 0 Å². The lowest BCUT2D eigenvalue weighted by atomic mass is 9.74. The highest BCUT2D eigenvalue weighted by molar-refractivity contribution is 6.30. The normalized spacial score (nSPS) is 21.6. The maximum absolute atomic E-state index is 14.1. The summed E-state index contributed by atoms with van der Waals surface area (Å²) in [7, 11) is 0. The Kier molecular flexibility index (Phi) is 3.53. The lowest BCUT2D eigenvalue weighted by Gasteiger charge is -2.36. The number of benzene rings is 2. The fourth-order valence-corrected chi connectivity index (χ4v) is 3.36. The summed E-state index contributed by atoms with van der Waals surface area (Å²) in [6, 6.07) is 13.3. The number of nitrogens with two attached hydrogens (primary N) is 1. The van der Waals surface area contributed by atoms with E-state index < -0.39 is 5.54 Å². The van der Waals surface area contributed by atoms with Crippen LogP contribution >= 0.6 is 11.6 Å². The van der Waals surface area contributed by atoms with Crippen molar-refractivity contribution in [1.82, 2.24) is 0 Å². The average molecular weight is 290 g/mol. The maximum atomic E-state index is 14.1. The molecule has 2 aromatic carbocycles. The molecular weight excluding hydrogens is 273 g/mol. The fraction of sp³-hybridized carbons (Fsp3) is 0.294. The first kappa shape index (κ1) is 13.6. The van der Waals surface area contributed by atoms with E-state index in [1.165, 1.54) is 5.56 Å². The molecule has 0 heterocycles. The zero-order valence-electron chi connectivity index (χ0n) is 11.2. The molecule has 20 heavy (non-hydrogen) atoms. The molecule has 1 aliphatic rings. The number of hydrogen-bond donors (Lipinski definition) is 1. The lowest BCUT2D eigenvalue weighted by Crippen LogP contribution is -2.42. The van der Waals surface area contributed by atoms with E-state index in [0.717, 1.165) is 24.8 Å². The molecule has 2 aromatic rings. The van der Waals surface area contributed by atoms with Gasteiger partial charge < -0.3 is 5.73 Å². The zero-order chi connectivity index (χ0) is 14.2. The number of hydrogen-bond acceptors (Lipinski definition) is 1. The largest absolute Gasteiger partial charge is 0.321 e. The third-order valence-electron chi connectivity index (χ3n) is 4.16. The molecule has 1 atom stereocenters. The predicted octanol–water partition coefficient (Wildman–Crippen LogP) is 4.21. The van der Waals surface area contributed by atoms with Crippen LogP contribution in [-0.2, 0) is 18.4 Å². The smallest absolute Gasteiger partial charge is 0.145 e. The van der Waals surface area contributed by atoms with Crippen LogP contribution in [0.1, 0.15) is 29.5 Å². The molecule has 0 radical (unpaired) electrons. The second-order valence-corrected chi connectivity index (χ2v) is 5.96. The third kappa shape index (κ3) is 2.34. The summed E-state index contributed by atoms with van der Waals surface area (Å²) < 4.78 is 14.1. The van der Waals surface area contributed by atoms with E-state index in [9.17, 15) is 4.39 Å². The molecule has 0 saturated carbocycles. The molecule has 2 N–H and O–H groups in total. The number of fused-ring (bicyclic) bond motifs is 1. The van der Waals surface area contributed by atoms with E-state index in [-0.39, 0.29) is 10.8 Å². The lowest BCUT2D eigenvalue weighted by molar-refractivity contribution is 0.364. The van der Waals surface area contributed by atoms with E-state index >= 15 is 0 Å². The minimum Gasteiger partial charge on any atom is -0.321 e. The van der Waals surface area contributed by atoms with Crippen LogP contribution in [0.3, 0.4) is 0 Å². The van der Waals surface area contributed by atoms with Gasteiger partial charge in [0.05, 0.1) is 5.02 Å². The summed E-state index contributed by atoms with van der Waals surface area (Å²) in [5.41, 5.74) is 9.13. The van der Waals surface area contributed by atoms with Gasteiger partial charge in [-0.25, -0.2) is 4.39 Å². The first-order valence-electron chi connectivity index (χ1n) is 6.90. The Labute approximate surface area is 123 Å². The van der Waals surface area contributed by atoms with E-state index in [1.807, 2.05) is 12.1 Å². The van der Waals surface area contributed by atoms with Crippen molar-refractivity contribution in [3.05, 3.63) is 70.0 Å². The average Bonchev–Trinajstić information content (AvgIpc) is 2.44. The van der Waals surface area contributed by atoms with Gasteiger partial charge in [-0.1, -0.05) is 48.0 Å². The monoisotopic (exact) mass is 289 g/mol. The summed E-state index contributed by atoms with van der Waals surface area (Å²) in [5, 5.41) is 0.162. The Morgan fingerprint density at radius 1 is 1.15 bits per heavy atom. The quantitative estimate of drug-likeness (QED) is 0.880. The molecule has 0 saturated heterocycles. The number of aryl methyl sites for hydroxylation is 1. The molecule has 0 fully saturated rings. The molecular formula is C17H17ClFN. The zero-order valence-corrected chi connectivity index (χ0v) is 12.0. The summed E-state index contributed by atoms with van der Waals surface area (Å²) in [6.07, 6.45) is 3.44. The highest BCUT2D eigenvalue weighted by Crippen LogP contribution is 2.36. The van der Waals surface area contributed by atoms with Crippen molar-refractivity contribution in [2.75, 3.05) is 0 Å². The van der Waals surface area contributed by atoms with E-state index in [4.69, 9.17) is 17.3 Å². The Morgan fingerprint density at radius 3 is 2.80 bits per heavy atom. The summed E-state index contributed by atoms with van der Waals surface area (Å²) in [6.45, 7) is 0. The SMILES string of the molecule is NC1(Cc2cccc(Cl)c2F)CCCc2ccccc21. The summed E-state index contributed by atoms with van der Waals surface area (Å²) >= 11 is 5.86. The molecule has 104 valence electrons. The van der Waals surface area contributed by atoms with Crippen LogP contribution in [0, 0.1) is 5.82 Å². The molecule has 3 heteroatoms. The molecule has 0 aliphatic heterocycles. The van der Waals surface area contributed by atoms with Gasteiger partial charge in [0.15, 0.2) is 0 Å². The Balaban J connectivity index is 2.00. The Hall–Kier alpha value is -1.38. The van der Waals surface area contributed by atoms with E-state index in [0.29, 0.717) is 12.0 Å². The van der Waals surface area contributed by atoms with Crippen LogP contribution in [0.2, 0.25) is 5.02 Å². The maximum Gasteiger partial charge on any atom is 0.145 e. The van der Waals surface area contributed by atoms with Gasteiger partial charge in [0.1, 0.15) is 5.82 Å². The second kappa shape index (κ2) is 5.19. The van der Waals surface area contributed by atoms with Gasteiger partial charge in [-0.3, -0.25) is 0 Å². The standard InChI is InChI=1S/C17H17ClFN/c18-15-9-3-6-13(16(15)19)11-17(20)10-4-7-12-5-1-2-8-14(12)17/h1-3,5-6,8-9H,4,7,10-11,20H2. The number of rotatable bonds is 2. The van der Waals surface area contributed by atoms with Crippen molar-refractivity contribution in [3.8, 4) is 0 Å².